The van der Waals surface area contributed by atoms with Crippen LogP contribution in [0.15, 0.2) is 109 Å². The highest BCUT2D eigenvalue weighted by Gasteiger charge is 2.19. The highest BCUT2D eigenvalue weighted by Crippen LogP contribution is 2.15. The third-order valence-corrected chi connectivity index (χ3v) is 12.7. The van der Waals surface area contributed by atoms with Crippen molar-refractivity contribution < 1.29 is 28.6 Å². The molecule has 0 aliphatic carbocycles. The predicted octanol–water partition coefficient (Wildman–Crippen LogP) is 20.7. The van der Waals surface area contributed by atoms with Crippen LogP contribution in [0.25, 0.3) is 0 Å². The van der Waals surface area contributed by atoms with Crippen molar-refractivity contribution >= 4 is 17.9 Å². The second-order valence-corrected chi connectivity index (χ2v) is 19.9. The van der Waals surface area contributed by atoms with E-state index in [1.807, 2.05) is 6.08 Å². The number of unbranched alkanes of at least 4 members (excludes halogenated alkanes) is 25. The van der Waals surface area contributed by atoms with Crippen LogP contribution < -0.4 is 0 Å². The van der Waals surface area contributed by atoms with Gasteiger partial charge in [-0.2, -0.15) is 0 Å². The van der Waals surface area contributed by atoms with Gasteiger partial charge in [0.05, 0.1) is 0 Å². The number of carbonyl (C=O) groups is 3. The van der Waals surface area contributed by atoms with Crippen LogP contribution in [0.5, 0.6) is 0 Å². The van der Waals surface area contributed by atoms with E-state index in [4.69, 9.17) is 14.2 Å². The molecule has 6 nitrogen and oxygen atoms in total. The summed E-state index contributed by atoms with van der Waals surface area (Å²) < 4.78 is 16.8. The summed E-state index contributed by atoms with van der Waals surface area (Å²) in [5.41, 5.74) is 0. The average Bonchev–Trinajstić information content (AvgIpc) is 3.39. The van der Waals surface area contributed by atoms with Crippen molar-refractivity contribution in [2.75, 3.05) is 13.2 Å². The lowest BCUT2D eigenvalue weighted by Gasteiger charge is -2.18. The summed E-state index contributed by atoms with van der Waals surface area (Å²) in [7, 11) is 0. The van der Waals surface area contributed by atoms with E-state index in [-0.39, 0.29) is 31.6 Å². The SMILES string of the molecule is CC/C=C\C/C=C\C/C=C\C/C=C\C/C=C\C/C=C\CCC(=O)OC(COC(=O)CCCCCCC/C=C\C/C=C\CCC)COC(=O)CCCCCCCCCCCCC/C=C\CCCCCCCCCC. The summed E-state index contributed by atoms with van der Waals surface area (Å²) in [6.07, 6.45) is 82.5. The van der Waals surface area contributed by atoms with Gasteiger partial charge >= 0.3 is 17.9 Å². The molecular formula is C67H112O6. The topological polar surface area (TPSA) is 78.9 Å². The molecule has 6 heteroatoms. The first-order chi connectivity index (χ1) is 36.0. The maximum absolute atomic E-state index is 12.8. The lowest BCUT2D eigenvalue weighted by Crippen LogP contribution is -2.30. The highest BCUT2D eigenvalue weighted by atomic mass is 16.6. The zero-order valence-corrected chi connectivity index (χ0v) is 47.6. The van der Waals surface area contributed by atoms with E-state index in [0.29, 0.717) is 19.3 Å². The molecule has 0 amide bonds. The molecule has 73 heavy (non-hydrogen) atoms. The van der Waals surface area contributed by atoms with E-state index in [1.165, 1.54) is 122 Å². The van der Waals surface area contributed by atoms with Gasteiger partial charge in [0.15, 0.2) is 6.10 Å². The molecule has 0 aromatic rings. The molecule has 0 heterocycles. The minimum atomic E-state index is -0.827. The molecule has 0 saturated heterocycles. The van der Waals surface area contributed by atoms with E-state index in [2.05, 4.69) is 124 Å². The lowest BCUT2D eigenvalue weighted by molar-refractivity contribution is -0.166. The maximum atomic E-state index is 12.8. The Hall–Kier alpha value is -3.93. The van der Waals surface area contributed by atoms with Crippen LogP contribution >= 0.6 is 0 Å². The summed E-state index contributed by atoms with van der Waals surface area (Å²) in [6, 6.07) is 0. The Bertz CT molecular complexity index is 1490. The lowest BCUT2D eigenvalue weighted by atomic mass is 10.0. The molecule has 0 spiro atoms. The van der Waals surface area contributed by atoms with Gasteiger partial charge in [-0.05, 0) is 109 Å². The van der Waals surface area contributed by atoms with Crippen molar-refractivity contribution in [3.05, 3.63) is 109 Å². The quantitative estimate of drug-likeness (QED) is 0.0261. The summed E-state index contributed by atoms with van der Waals surface area (Å²) in [6.45, 7) is 6.40. The number of allylic oxidation sites excluding steroid dienone is 18. The van der Waals surface area contributed by atoms with Gasteiger partial charge in [-0.25, -0.2) is 0 Å². The van der Waals surface area contributed by atoms with Crippen LogP contribution in [-0.2, 0) is 28.6 Å². The van der Waals surface area contributed by atoms with E-state index >= 15 is 0 Å². The molecule has 0 aliphatic heterocycles. The van der Waals surface area contributed by atoms with Crippen molar-refractivity contribution in [1.82, 2.24) is 0 Å². The van der Waals surface area contributed by atoms with E-state index in [1.54, 1.807) is 0 Å². The zero-order chi connectivity index (χ0) is 52.9. The molecule has 0 aliphatic rings. The van der Waals surface area contributed by atoms with Crippen LogP contribution in [-0.4, -0.2) is 37.2 Å². The second kappa shape index (κ2) is 60.6. The number of hydrogen-bond donors (Lipinski definition) is 0. The minimum absolute atomic E-state index is 0.114. The standard InChI is InChI=1S/C67H112O6/c1-4-7-10-13-16-19-22-25-27-29-31-32-33-34-36-37-39-42-45-48-51-54-57-60-66(69)72-63-64(62-71-65(68)59-56-53-50-47-44-41-24-21-18-15-12-9-6-3)73-67(70)61-58-55-52-49-46-43-40-38-35-30-28-26-23-20-17-14-11-8-5-2/h8,11-12,15,17,20-21,24,26,28-29,31,35,38,43,46,52,55,64H,4-7,9-10,13-14,16,18-19,22-23,25,27,30,32-34,36-37,39-42,44-45,47-51,53-54,56-63H2,1-3H3/b11-8-,15-12-,20-17-,24-21-,28-26-,31-29-,38-35-,46-43-,55-52-. The van der Waals surface area contributed by atoms with E-state index in [9.17, 15) is 14.4 Å². The van der Waals surface area contributed by atoms with Gasteiger partial charge in [0, 0.05) is 19.3 Å². The largest absolute Gasteiger partial charge is 0.462 e. The normalized spacial score (nSPS) is 12.9. The third kappa shape index (κ3) is 58.8. The molecular weight excluding hydrogens is 901 g/mol. The first-order valence-electron chi connectivity index (χ1n) is 30.4. The van der Waals surface area contributed by atoms with Gasteiger partial charge < -0.3 is 14.2 Å². The molecule has 0 radical (unpaired) electrons. The molecule has 0 fully saturated rings. The Morgan fingerprint density at radius 3 is 0.959 bits per heavy atom. The first kappa shape index (κ1) is 69.1. The van der Waals surface area contributed by atoms with Crippen molar-refractivity contribution in [2.45, 2.75) is 284 Å². The molecule has 0 bridgehead atoms. The fourth-order valence-corrected chi connectivity index (χ4v) is 8.21. The first-order valence-corrected chi connectivity index (χ1v) is 30.4. The molecule has 416 valence electrons. The Kier molecular flexibility index (Phi) is 57.4. The predicted molar refractivity (Wildman–Crippen MR) is 316 cm³/mol. The van der Waals surface area contributed by atoms with Crippen LogP contribution in [0, 0.1) is 0 Å². The minimum Gasteiger partial charge on any atom is -0.462 e. The van der Waals surface area contributed by atoms with Gasteiger partial charge in [-0.15, -0.1) is 0 Å². The van der Waals surface area contributed by atoms with E-state index in [0.717, 1.165) is 109 Å². The summed E-state index contributed by atoms with van der Waals surface area (Å²) in [5.74, 6) is -1.01. The number of rotatable bonds is 54. The molecule has 1 unspecified atom stereocenters. The van der Waals surface area contributed by atoms with Gasteiger partial charge in [0.1, 0.15) is 13.2 Å². The Balaban J connectivity index is 4.43. The maximum Gasteiger partial charge on any atom is 0.306 e. The highest BCUT2D eigenvalue weighted by molar-refractivity contribution is 5.71. The summed E-state index contributed by atoms with van der Waals surface area (Å²) in [5, 5.41) is 0. The summed E-state index contributed by atoms with van der Waals surface area (Å²) >= 11 is 0. The fraction of sp³-hybridized carbons (Fsp3) is 0.687. The van der Waals surface area contributed by atoms with Crippen LogP contribution in [0.1, 0.15) is 278 Å². The van der Waals surface area contributed by atoms with E-state index < -0.39 is 12.1 Å². The van der Waals surface area contributed by atoms with Crippen LogP contribution in [0.2, 0.25) is 0 Å². The number of esters is 3. The van der Waals surface area contributed by atoms with Crippen LogP contribution in [0.3, 0.4) is 0 Å². The molecule has 0 saturated carbocycles. The van der Waals surface area contributed by atoms with Crippen molar-refractivity contribution in [3.63, 3.8) is 0 Å². The third-order valence-electron chi connectivity index (χ3n) is 12.7. The van der Waals surface area contributed by atoms with Crippen molar-refractivity contribution in [3.8, 4) is 0 Å². The van der Waals surface area contributed by atoms with Crippen molar-refractivity contribution in [1.29, 1.82) is 0 Å². The fourth-order valence-electron chi connectivity index (χ4n) is 8.21. The molecule has 1 atom stereocenters. The van der Waals surface area contributed by atoms with Crippen LogP contribution in [0.4, 0.5) is 0 Å². The number of hydrogen-bond acceptors (Lipinski definition) is 6. The molecule has 0 aromatic carbocycles. The molecule has 0 rings (SSSR count). The average molecular weight is 1010 g/mol. The Morgan fingerprint density at radius 2 is 0.589 bits per heavy atom. The number of ether oxygens (including phenoxy) is 3. The van der Waals surface area contributed by atoms with Gasteiger partial charge in [-0.3, -0.25) is 14.4 Å². The van der Waals surface area contributed by atoms with Gasteiger partial charge in [-0.1, -0.05) is 259 Å². The second-order valence-electron chi connectivity index (χ2n) is 19.9. The smallest absolute Gasteiger partial charge is 0.306 e. The molecule has 0 N–H and O–H groups in total. The van der Waals surface area contributed by atoms with Gasteiger partial charge in [0.25, 0.3) is 0 Å². The zero-order valence-electron chi connectivity index (χ0n) is 47.6. The van der Waals surface area contributed by atoms with Gasteiger partial charge in [0.2, 0.25) is 0 Å². The number of carbonyl (C=O) groups excluding carboxylic acids is 3. The Labute approximate surface area is 450 Å². The van der Waals surface area contributed by atoms with Crippen molar-refractivity contribution in [2.24, 2.45) is 0 Å². The summed E-state index contributed by atoms with van der Waals surface area (Å²) in [4.78, 5) is 38.2. The molecule has 0 aromatic heterocycles. The Morgan fingerprint density at radius 1 is 0.288 bits per heavy atom. The monoisotopic (exact) mass is 1010 g/mol.